The molecule has 1 aromatic carbocycles. The molecule has 0 aliphatic rings. The van der Waals surface area contributed by atoms with Crippen molar-refractivity contribution in [1.29, 1.82) is 0 Å². The first-order valence-electron chi connectivity index (χ1n) is 8.30. The maximum Gasteiger partial charge on any atom is 0.407 e. The van der Waals surface area contributed by atoms with E-state index in [0.717, 1.165) is 5.56 Å². The fourth-order valence-corrected chi connectivity index (χ4v) is 2.51. The lowest BCUT2D eigenvalue weighted by Gasteiger charge is -2.24. The number of alkyl carbamates (subject to hydrolysis) is 1. The first-order chi connectivity index (χ1) is 11.9. The monoisotopic (exact) mass is 348 g/mol. The van der Waals surface area contributed by atoms with E-state index in [1.807, 2.05) is 51.1 Å². The average Bonchev–Trinajstić information content (AvgIpc) is 2.60. The summed E-state index contributed by atoms with van der Waals surface area (Å²) in [6.45, 7) is 6.42. The molecule has 0 unspecified atom stereocenters. The summed E-state index contributed by atoms with van der Waals surface area (Å²) in [5.41, 5.74) is 2.16. The second kappa shape index (κ2) is 10.4. The number of ether oxygens (including phenoxy) is 2. The second-order valence-corrected chi connectivity index (χ2v) is 6.19. The summed E-state index contributed by atoms with van der Waals surface area (Å²) in [4.78, 5) is 24.0. The zero-order valence-electron chi connectivity index (χ0n) is 15.6. The molecule has 0 heterocycles. The molecule has 25 heavy (non-hydrogen) atoms. The fraction of sp³-hybridized carbons (Fsp3) is 0.474. The molecule has 0 saturated heterocycles. The number of amides is 1. The molecule has 1 amide bonds. The number of carbonyl (C=O) groups excluding carboxylic acids is 2. The van der Waals surface area contributed by atoms with Gasteiger partial charge in [0.1, 0.15) is 0 Å². The van der Waals surface area contributed by atoms with Crippen LogP contribution in [0.25, 0.3) is 0 Å². The summed E-state index contributed by atoms with van der Waals surface area (Å²) in [5, 5.41) is 5.98. The van der Waals surface area contributed by atoms with Gasteiger partial charge in [0.2, 0.25) is 0 Å². The maximum absolute atomic E-state index is 12.3. The number of allylic oxidation sites excluding steroid dienone is 1. The molecule has 0 aliphatic carbocycles. The van der Waals surface area contributed by atoms with E-state index in [0.29, 0.717) is 24.2 Å². The van der Waals surface area contributed by atoms with Gasteiger partial charge < -0.3 is 20.1 Å². The molecule has 138 valence electrons. The van der Waals surface area contributed by atoms with Gasteiger partial charge in [-0.25, -0.2) is 9.59 Å². The van der Waals surface area contributed by atoms with Crippen LogP contribution < -0.4 is 10.6 Å². The topological polar surface area (TPSA) is 76.7 Å². The summed E-state index contributed by atoms with van der Waals surface area (Å²) in [7, 11) is 2.63. The van der Waals surface area contributed by atoms with Gasteiger partial charge in [-0.1, -0.05) is 44.2 Å². The van der Waals surface area contributed by atoms with E-state index >= 15 is 0 Å². The molecule has 0 bridgehead atoms. The van der Waals surface area contributed by atoms with Gasteiger partial charge in [0.15, 0.2) is 0 Å². The summed E-state index contributed by atoms with van der Waals surface area (Å²) < 4.78 is 9.62. The molecule has 0 aromatic heterocycles. The van der Waals surface area contributed by atoms with Crippen LogP contribution in [0.15, 0.2) is 41.6 Å². The molecule has 6 nitrogen and oxygen atoms in total. The largest absolute Gasteiger partial charge is 0.466 e. The molecule has 6 heteroatoms. The number of benzene rings is 1. The number of rotatable bonds is 8. The maximum atomic E-state index is 12.3. The smallest absolute Gasteiger partial charge is 0.407 e. The highest BCUT2D eigenvalue weighted by Crippen LogP contribution is 2.18. The predicted molar refractivity (Wildman–Crippen MR) is 96.8 cm³/mol. The Balaban J connectivity index is 3.07. The SMILES string of the molecule is COC(=O)N[C@@H](CC(C)C)/C(C(=O)OC)=C(\C)NCc1ccccc1. The third-order valence-corrected chi connectivity index (χ3v) is 3.74. The number of nitrogens with one attached hydrogen (secondary N) is 2. The molecule has 0 spiro atoms. The van der Waals surface area contributed by atoms with Gasteiger partial charge >= 0.3 is 12.1 Å². The molecule has 0 saturated carbocycles. The van der Waals surface area contributed by atoms with Crippen LogP contribution >= 0.6 is 0 Å². The van der Waals surface area contributed by atoms with Crippen molar-refractivity contribution in [1.82, 2.24) is 10.6 Å². The quantitative estimate of drug-likeness (QED) is 0.558. The summed E-state index contributed by atoms with van der Waals surface area (Å²) >= 11 is 0. The van der Waals surface area contributed by atoms with E-state index in [9.17, 15) is 9.59 Å². The second-order valence-electron chi connectivity index (χ2n) is 6.19. The fourth-order valence-electron chi connectivity index (χ4n) is 2.51. The number of hydrogen-bond acceptors (Lipinski definition) is 5. The number of methoxy groups -OCH3 is 2. The molecular weight excluding hydrogens is 320 g/mol. The minimum atomic E-state index is -0.581. The van der Waals surface area contributed by atoms with Crippen LogP contribution in [0.5, 0.6) is 0 Å². The highest BCUT2D eigenvalue weighted by atomic mass is 16.5. The zero-order chi connectivity index (χ0) is 18.8. The Morgan fingerprint density at radius 3 is 2.24 bits per heavy atom. The molecule has 2 N–H and O–H groups in total. The van der Waals surface area contributed by atoms with Crippen molar-refractivity contribution in [2.45, 2.75) is 39.8 Å². The van der Waals surface area contributed by atoms with Gasteiger partial charge in [0.25, 0.3) is 0 Å². The van der Waals surface area contributed by atoms with Crippen molar-refractivity contribution in [3.63, 3.8) is 0 Å². The molecular formula is C19H28N2O4. The highest BCUT2D eigenvalue weighted by Gasteiger charge is 2.27. The van der Waals surface area contributed by atoms with Crippen molar-refractivity contribution in [2.75, 3.05) is 14.2 Å². The van der Waals surface area contributed by atoms with Gasteiger partial charge in [-0.05, 0) is 24.8 Å². The Morgan fingerprint density at radius 1 is 1.08 bits per heavy atom. The van der Waals surface area contributed by atoms with Crippen LogP contribution in [0.4, 0.5) is 4.79 Å². The van der Waals surface area contributed by atoms with E-state index in [4.69, 9.17) is 4.74 Å². The molecule has 1 atom stereocenters. The van der Waals surface area contributed by atoms with Crippen LogP contribution in [0.2, 0.25) is 0 Å². The number of carbonyl (C=O) groups is 2. The van der Waals surface area contributed by atoms with Gasteiger partial charge in [-0.3, -0.25) is 0 Å². The minimum Gasteiger partial charge on any atom is -0.466 e. The minimum absolute atomic E-state index is 0.267. The van der Waals surface area contributed by atoms with Crippen LogP contribution in [0, 0.1) is 5.92 Å². The normalized spacial score (nSPS) is 12.9. The lowest BCUT2D eigenvalue weighted by atomic mass is 9.95. The first kappa shape index (κ1) is 20.5. The van der Waals surface area contributed by atoms with Gasteiger partial charge in [-0.2, -0.15) is 0 Å². The molecule has 0 radical (unpaired) electrons. The van der Waals surface area contributed by atoms with Crippen LogP contribution in [0.3, 0.4) is 0 Å². The lowest BCUT2D eigenvalue weighted by Crippen LogP contribution is -2.41. The van der Waals surface area contributed by atoms with Gasteiger partial charge in [0.05, 0.1) is 25.8 Å². The third-order valence-electron chi connectivity index (χ3n) is 3.74. The van der Waals surface area contributed by atoms with E-state index in [1.165, 1.54) is 14.2 Å². The predicted octanol–water partition coefficient (Wildman–Crippen LogP) is 2.99. The average molecular weight is 348 g/mol. The third kappa shape index (κ3) is 6.87. The van der Waals surface area contributed by atoms with E-state index < -0.39 is 18.1 Å². The Labute approximate surface area is 149 Å². The Morgan fingerprint density at radius 2 is 1.72 bits per heavy atom. The van der Waals surface area contributed by atoms with Gasteiger partial charge in [-0.15, -0.1) is 0 Å². The Kier molecular flexibility index (Phi) is 8.53. The van der Waals surface area contributed by atoms with Gasteiger partial charge in [0, 0.05) is 12.2 Å². The molecule has 0 fully saturated rings. The van der Waals surface area contributed by atoms with E-state index in [2.05, 4.69) is 15.4 Å². The summed E-state index contributed by atoms with van der Waals surface area (Å²) in [5.74, 6) is -0.205. The first-order valence-corrected chi connectivity index (χ1v) is 8.30. The summed E-state index contributed by atoms with van der Waals surface area (Å²) in [6, 6.07) is 9.36. The number of esters is 1. The van der Waals surface area contributed by atoms with E-state index in [-0.39, 0.29) is 5.92 Å². The van der Waals surface area contributed by atoms with E-state index in [1.54, 1.807) is 0 Å². The molecule has 1 rings (SSSR count). The van der Waals surface area contributed by atoms with Crippen LogP contribution in [-0.2, 0) is 20.8 Å². The lowest BCUT2D eigenvalue weighted by molar-refractivity contribution is -0.136. The highest BCUT2D eigenvalue weighted by molar-refractivity contribution is 5.91. The van der Waals surface area contributed by atoms with Crippen LogP contribution in [-0.4, -0.2) is 32.3 Å². The summed E-state index contributed by atoms with van der Waals surface area (Å²) in [6.07, 6.45) is 0.00656. The Bertz CT molecular complexity index is 597. The number of hydrogen-bond donors (Lipinski definition) is 2. The van der Waals surface area contributed by atoms with Crippen molar-refractivity contribution < 1.29 is 19.1 Å². The molecule has 0 aliphatic heterocycles. The molecule has 1 aromatic rings. The zero-order valence-corrected chi connectivity index (χ0v) is 15.6. The van der Waals surface area contributed by atoms with Crippen LogP contribution in [0.1, 0.15) is 32.8 Å². The standard InChI is InChI=1S/C19H28N2O4/c1-13(2)11-16(21-19(23)25-5)17(18(22)24-4)14(3)20-12-15-9-7-6-8-10-15/h6-10,13,16,20H,11-12H2,1-5H3,(H,21,23)/b17-14-/t16-/m0/s1. The van der Waals surface area contributed by atoms with Crippen molar-refractivity contribution in [3.05, 3.63) is 47.2 Å². The van der Waals surface area contributed by atoms with Crippen molar-refractivity contribution in [3.8, 4) is 0 Å². The van der Waals surface area contributed by atoms with Crippen molar-refractivity contribution in [2.24, 2.45) is 5.92 Å². The Hall–Kier alpha value is -2.50. The van der Waals surface area contributed by atoms with Crippen molar-refractivity contribution >= 4 is 12.1 Å².